The largest absolute Gasteiger partial charge is 0.283 e. The van der Waals surface area contributed by atoms with Gasteiger partial charge in [0.15, 0.2) is 0 Å². The summed E-state index contributed by atoms with van der Waals surface area (Å²) in [7, 11) is 0. The molecule has 0 saturated heterocycles. The van der Waals surface area contributed by atoms with E-state index in [2.05, 4.69) is 18.2 Å². The lowest BCUT2D eigenvalue weighted by Crippen LogP contribution is -1.98. The van der Waals surface area contributed by atoms with Gasteiger partial charge in [0.25, 0.3) is 0 Å². The summed E-state index contributed by atoms with van der Waals surface area (Å²) in [4.78, 5) is 4.31. The first-order valence-electron chi connectivity index (χ1n) is 2.93. The van der Waals surface area contributed by atoms with Crippen LogP contribution in [0.3, 0.4) is 0 Å². The van der Waals surface area contributed by atoms with Crippen LogP contribution in [0.5, 0.6) is 0 Å². The second kappa shape index (κ2) is 2.53. The quantitative estimate of drug-likeness (QED) is 0.485. The molecule has 0 aromatic rings. The van der Waals surface area contributed by atoms with Gasteiger partial charge in [0, 0.05) is 12.5 Å². The number of nitrogens with zero attached hydrogens (tertiary/aromatic N) is 1. The fourth-order valence-corrected chi connectivity index (χ4v) is 1.65. The van der Waals surface area contributed by atoms with E-state index in [1.165, 1.54) is 11.5 Å². The van der Waals surface area contributed by atoms with E-state index in [9.17, 15) is 0 Å². The van der Waals surface area contributed by atoms with Crippen LogP contribution in [0.4, 0.5) is 0 Å². The number of aliphatic imine (C=N–C) groups is 1. The Hall–Kier alpha value is 0.0200. The third-order valence-electron chi connectivity index (χ3n) is 1.46. The molecule has 0 saturated carbocycles. The monoisotopic (exact) mass is 129 g/mol. The van der Waals surface area contributed by atoms with Gasteiger partial charge in [-0.25, -0.2) is 0 Å². The van der Waals surface area contributed by atoms with Gasteiger partial charge >= 0.3 is 0 Å². The molecular formula is C6H11NS. The zero-order chi connectivity index (χ0) is 5.98. The smallest absolute Gasteiger partial charge is 0.0702 e. The summed E-state index contributed by atoms with van der Waals surface area (Å²) >= 11 is 1.79. The van der Waals surface area contributed by atoms with Crippen LogP contribution in [0.1, 0.15) is 13.3 Å². The lowest BCUT2D eigenvalue weighted by Gasteiger charge is -1.99. The lowest BCUT2D eigenvalue weighted by molar-refractivity contribution is 0.755. The Labute approximate surface area is 54.6 Å². The number of hydrogen-bond acceptors (Lipinski definition) is 2. The van der Waals surface area contributed by atoms with E-state index in [0.29, 0.717) is 0 Å². The Bertz CT molecular complexity index is 109. The van der Waals surface area contributed by atoms with Crippen molar-refractivity contribution in [3.8, 4) is 0 Å². The highest BCUT2D eigenvalue weighted by atomic mass is 32.2. The maximum Gasteiger partial charge on any atom is 0.0702 e. The highest BCUT2D eigenvalue weighted by molar-refractivity contribution is 8.13. The zero-order valence-corrected chi connectivity index (χ0v) is 6.16. The summed E-state index contributed by atoms with van der Waals surface area (Å²) in [6.45, 7) is 3.29. The van der Waals surface area contributed by atoms with Gasteiger partial charge in [-0.3, -0.25) is 4.99 Å². The molecule has 0 aromatic carbocycles. The molecule has 0 N–H and O–H groups in total. The zero-order valence-electron chi connectivity index (χ0n) is 5.35. The molecule has 8 heavy (non-hydrogen) atoms. The van der Waals surface area contributed by atoms with Crippen LogP contribution in [-0.4, -0.2) is 17.8 Å². The highest BCUT2D eigenvalue weighted by Crippen LogP contribution is 2.19. The molecule has 0 aromatic heterocycles. The molecule has 0 aliphatic carbocycles. The molecule has 1 aliphatic heterocycles. The number of thioether (sulfide) groups is 1. The van der Waals surface area contributed by atoms with Gasteiger partial charge < -0.3 is 0 Å². The minimum atomic E-state index is 0.741. The fraction of sp³-hybridized carbons (Fsp3) is 0.833. The van der Waals surface area contributed by atoms with E-state index in [0.717, 1.165) is 12.5 Å². The Morgan fingerprint density at radius 2 is 2.50 bits per heavy atom. The molecule has 0 bridgehead atoms. The van der Waals surface area contributed by atoms with Crippen molar-refractivity contribution in [2.75, 3.05) is 12.8 Å². The van der Waals surface area contributed by atoms with Gasteiger partial charge in [0.2, 0.25) is 0 Å². The van der Waals surface area contributed by atoms with Crippen molar-refractivity contribution >= 4 is 16.8 Å². The summed E-state index contributed by atoms with van der Waals surface area (Å²) in [6.07, 6.45) is 3.36. The third kappa shape index (κ3) is 1.05. The van der Waals surface area contributed by atoms with E-state index in [1.54, 1.807) is 11.8 Å². The minimum Gasteiger partial charge on any atom is -0.283 e. The SMILES string of the molecule is CSC1=NCCC1C. The first-order valence-corrected chi connectivity index (χ1v) is 4.15. The van der Waals surface area contributed by atoms with Gasteiger partial charge in [-0.2, -0.15) is 0 Å². The predicted molar refractivity (Wildman–Crippen MR) is 39.6 cm³/mol. The minimum absolute atomic E-state index is 0.741. The first kappa shape index (κ1) is 6.14. The van der Waals surface area contributed by atoms with E-state index in [1.807, 2.05) is 0 Å². The third-order valence-corrected chi connectivity index (χ3v) is 2.41. The second-order valence-electron chi connectivity index (χ2n) is 2.11. The Kier molecular flexibility index (Phi) is 1.95. The maximum absolute atomic E-state index is 4.31. The van der Waals surface area contributed by atoms with Crippen LogP contribution in [0.2, 0.25) is 0 Å². The number of rotatable bonds is 0. The van der Waals surface area contributed by atoms with Crippen molar-refractivity contribution in [3.05, 3.63) is 0 Å². The van der Waals surface area contributed by atoms with E-state index in [-0.39, 0.29) is 0 Å². The van der Waals surface area contributed by atoms with Crippen molar-refractivity contribution in [2.45, 2.75) is 13.3 Å². The molecule has 2 heteroatoms. The van der Waals surface area contributed by atoms with Gasteiger partial charge in [-0.15, -0.1) is 11.8 Å². The van der Waals surface area contributed by atoms with Crippen molar-refractivity contribution in [3.63, 3.8) is 0 Å². The Morgan fingerprint density at radius 3 is 2.75 bits per heavy atom. The lowest BCUT2D eigenvalue weighted by atomic mass is 10.2. The van der Waals surface area contributed by atoms with E-state index >= 15 is 0 Å². The molecule has 1 atom stereocenters. The second-order valence-corrected chi connectivity index (χ2v) is 2.94. The van der Waals surface area contributed by atoms with Crippen LogP contribution in [0.25, 0.3) is 0 Å². The van der Waals surface area contributed by atoms with Crippen LogP contribution in [0.15, 0.2) is 4.99 Å². The molecule has 1 unspecified atom stereocenters. The summed E-state index contributed by atoms with van der Waals surface area (Å²) in [5, 5.41) is 1.34. The fourth-order valence-electron chi connectivity index (χ4n) is 0.913. The Morgan fingerprint density at radius 1 is 1.75 bits per heavy atom. The average molecular weight is 129 g/mol. The van der Waals surface area contributed by atoms with Crippen molar-refractivity contribution in [1.29, 1.82) is 0 Å². The summed E-state index contributed by atoms with van der Waals surface area (Å²) in [5.41, 5.74) is 0. The molecule has 0 spiro atoms. The summed E-state index contributed by atoms with van der Waals surface area (Å²) in [5.74, 6) is 0.741. The molecule has 0 amide bonds. The molecule has 0 radical (unpaired) electrons. The van der Waals surface area contributed by atoms with Crippen molar-refractivity contribution in [1.82, 2.24) is 0 Å². The van der Waals surface area contributed by atoms with Gasteiger partial charge in [0.1, 0.15) is 0 Å². The standard InChI is InChI=1S/C6H11NS/c1-5-3-4-7-6(5)8-2/h5H,3-4H2,1-2H3. The normalized spacial score (nSPS) is 28.2. The molecule has 1 aliphatic rings. The van der Waals surface area contributed by atoms with Crippen LogP contribution < -0.4 is 0 Å². The Balaban J connectivity index is 2.49. The van der Waals surface area contributed by atoms with E-state index < -0.39 is 0 Å². The van der Waals surface area contributed by atoms with Gasteiger partial charge in [-0.1, -0.05) is 6.92 Å². The molecule has 0 fully saturated rings. The molecule has 1 heterocycles. The average Bonchev–Trinajstić information content (AvgIpc) is 2.14. The van der Waals surface area contributed by atoms with Crippen LogP contribution >= 0.6 is 11.8 Å². The molecule has 46 valence electrons. The van der Waals surface area contributed by atoms with Crippen LogP contribution in [0, 0.1) is 5.92 Å². The van der Waals surface area contributed by atoms with Crippen LogP contribution in [-0.2, 0) is 0 Å². The van der Waals surface area contributed by atoms with E-state index in [4.69, 9.17) is 0 Å². The topological polar surface area (TPSA) is 12.4 Å². The maximum atomic E-state index is 4.31. The molecule has 1 nitrogen and oxygen atoms in total. The summed E-state index contributed by atoms with van der Waals surface area (Å²) < 4.78 is 0. The predicted octanol–water partition coefficient (Wildman–Crippen LogP) is 1.79. The van der Waals surface area contributed by atoms with Gasteiger partial charge in [-0.05, 0) is 12.7 Å². The summed E-state index contributed by atoms with van der Waals surface area (Å²) in [6, 6.07) is 0. The van der Waals surface area contributed by atoms with Gasteiger partial charge in [0.05, 0.1) is 5.04 Å². The van der Waals surface area contributed by atoms with Crippen molar-refractivity contribution < 1.29 is 0 Å². The highest BCUT2D eigenvalue weighted by Gasteiger charge is 2.13. The number of hydrogen-bond donors (Lipinski definition) is 0. The molecule has 1 rings (SSSR count). The van der Waals surface area contributed by atoms with Crippen molar-refractivity contribution in [2.24, 2.45) is 10.9 Å². The molecular weight excluding hydrogens is 118 g/mol. The first-order chi connectivity index (χ1) is 3.84.